The van der Waals surface area contributed by atoms with Crippen molar-refractivity contribution in [2.75, 3.05) is 36.0 Å². The van der Waals surface area contributed by atoms with Crippen molar-refractivity contribution in [2.45, 2.75) is 13.8 Å². The average Bonchev–Trinajstić information content (AvgIpc) is 3.14. The van der Waals surface area contributed by atoms with Crippen LogP contribution in [0.15, 0.2) is 42.5 Å². The van der Waals surface area contributed by atoms with Gasteiger partial charge in [-0.3, -0.25) is 0 Å². The first-order chi connectivity index (χ1) is 13.9. The van der Waals surface area contributed by atoms with Gasteiger partial charge in [-0.1, -0.05) is 29.8 Å². The van der Waals surface area contributed by atoms with Crippen LogP contribution in [0.1, 0.15) is 21.6 Å². The molecule has 0 radical (unpaired) electrons. The molecule has 1 N–H and O–H groups in total. The average molecular weight is 395 g/mol. The van der Waals surface area contributed by atoms with Gasteiger partial charge in [0.25, 0.3) is 0 Å². The summed E-state index contributed by atoms with van der Waals surface area (Å²) in [4.78, 5) is 17.0. The summed E-state index contributed by atoms with van der Waals surface area (Å²) >= 11 is 0. The molecule has 2 heterocycles. The van der Waals surface area contributed by atoms with Crippen molar-refractivity contribution in [3.05, 3.63) is 65.1 Å². The molecule has 0 spiro atoms. The number of aromatic nitrogens is 3. The van der Waals surface area contributed by atoms with E-state index in [2.05, 4.69) is 10.2 Å². The van der Waals surface area contributed by atoms with E-state index in [1.807, 2.05) is 47.9 Å². The lowest BCUT2D eigenvalue weighted by molar-refractivity contribution is 0.0690. The molecule has 150 valence electrons. The second-order valence-corrected chi connectivity index (χ2v) is 7.18. The normalized spacial score (nSPS) is 14.3. The van der Waals surface area contributed by atoms with Gasteiger partial charge in [0, 0.05) is 26.2 Å². The summed E-state index contributed by atoms with van der Waals surface area (Å²) in [6, 6.07) is 12.5. The van der Waals surface area contributed by atoms with Crippen LogP contribution in [-0.4, -0.2) is 52.2 Å². The third-order valence-corrected chi connectivity index (χ3v) is 5.14. The molecule has 7 nitrogen and oxygen atoms in total. The maximum absolute atomic E-state index is 14.1. The minimum Gasteiger partial charge on any atom is -0.476 e. The lowest BCUT2D eigenvalue weighted by Crippen LogP contribution is -2.47. The molecule has 0 unspecified atom stereocenters. The number of hydrogen-bond acceptors (Lipinski definition) is 5. The lowest BCUT2D eigenvalue weighted by atomic mass is 10.1. The van der Waals surface area contributed by atoms with Crippen molar-refractivity contribution in [2.24, 2.45) is 0 Å². The molecule has 29 heavy (non-hydrogen) atoms. The van der Waals surface area contributed by atoms with E-state index in [0.29, 0.717) is 37.7 Å². The van der Waals surface area contributed by atoms with Crippen molar-refractivity contribution in [1.29, 1.82) is 0 Å². The fraction of sp³-hybridized carbons (Fsp3) is 0.286. The van der Waals surface area contributed by atoms with Crippen LogP contribution in [0.25, 0.3) is 5.69 Å². The Morgan fingerprint density at radius 1 is 0.966 bits per heavy atom. The summed E-state index contributed by atoms with van der Waals surface area (Å²) in [5.74, 6) is -1.04. The van der Waals surface area contributed by atoms with Crippen LogP contribution in [0, 0.1) is 19.7 Å². The van der Waals surface area contributed by atoms with Crippen molar-refractivity contribution in [3.8, 4) is 5.69 Å². The number of carboxylic acid groups (broad SMARTS) is 1. The van der Waals surface area contributed by atoms with Gasteiger partial charge < -0.3 is 14.9 Å². The Hall–Kier alpha value is -3.42. The van der Waals surface area contributed by atoms with Gasteiger partial charge in [-0.05, 0) is 37.6 Å². The molecule has 1 aliphatic heterocycles. The van der Waals surface area contributed by atoms with Gasteiger partial charge in [0.05, 0.1) is 11.4 Å². The number of carbonyl (C=O) groups is 1. The molecule has 1 aromatic heterocycles. The van der Waals surface area contributed by atoms with Gasteiger partial charge in [-0.15, -0.1) is 15.0 Å². The number of nitrogens with zero attached hydrogens (tertiary/aromatic N) is 5. The first-order valence-electron chi connectivity index (χ1n) is 9.47. The van der Waals surface area contributed by atoms with Crippen LogP contribution < -0.4 is 9.80 Å². The highest BCUT2D eigenvalue weighted by Crippen LogP contribution is 2.25. The topological polar surface area (TPSA) is 74.5 Å². The Balaban J connectivity index is 1.60. The number of para-hydroxylation sites is 1. The van der Waals surface area contributed by atoms with Crippen molar-refractivity contribution >= 4 is 17.5 Å². The molecule has 3 aromatic rings. The van der Waals surface area contributed by atoms with Crippen molar-refractivity contribution in [1.82, 2.24) is 15.0 Å². The zero-order chi connectivity index (χ0) is 20.5. The Kier molecular flexibility index (Phi) is 4.92. The molecule has 0 saturated carbocycles. The van der Waals surface area contributed by atoms with E-state index in [0.717, 1.165) is 16.8 Å². The second kappa shape index (κ2) is 7.54. The quantitative estimate of drug-likeness (QED) is 0.732. The first kappa shape index (κ1) is 18.9. The summed E-state index contributed by atoms with van der Waals surface area (Å²) in [6.45, 7) is 6.13. The molecule has 0 amide bonds. The zero-order valence-electron chi connectivity index (χ0n) is 16.3. The predicted molar refractivity (Wildman–Crippen MR) is 109 cm³/mol. The molecule has 0 aliphatic carbocycles. The van der Waals surface area contributed by atoms with E-state index in [1.165, 1.54) is 10.9 Å². The number of benzene rings is 2. The van der Waals surface area contributed by atoms with E-state index in [9.17, 15) is 14.3 Å². The molecule has 0 atom stereocenters. The number of aryl methyl sites for hydroxylation is 2. The number of piperazine rings is 1. The summed E-state index contributed by atoms with van der Waals surface area (Å²) < 4.78 is 14.1. The molecule has 1 aliphatic rings. The second-order valence-electron chi connectivity index (χ2n) is 7.18. The molecule has 4 rings (SSSR count). The number of hydrogen-bond donors (Lipinski definition) is 1. The van der Waals surface area contributed by atoms with Crippen LogP contribution in [0.5, 0.6) is 0 Å². The highest BCUT2D eigenvalue weighted by Gasteiger charge is 2.27. The van der Waals surface area contributed by atoms with Crippen LogP contribution >= 0.6 is 0 Å². The molecule has 0 bridgehead atoms. The first-order valence-corrected chi connectivity index (χ1v) is 9.47. The third-order valence-electron chi connectivity index (χ3n) is 5.14. The predicted octanol–water partition coefficient (Wildman–Crippen LogP) is 3.05. The molecular formula is C21H22FN5O2. The SMILES string of the molecule is Cc1ccc(-n2nc(C(=O)O)c(N3CCN(c4ccccc4F)CC3)n2)c(C)c1. The molecule has 1 saturated heterocycles. The van der Waals surface area contributed by atoms with Crippen molar-refractivity contribution in [3.63, 3.8) is 0 Å². The Bertz CT molecular complexity index is 1060. The summed E-state index contributed by atoms with van der Waals surface area (Å²) in [6.07, 6.45) is 0. The number of rotatable bonds is 4. The maximum atomic E-state index is 14.1. The van der Waals surface area contributed by atoms with Crippen LogP contribution in [0.3, 0.4) is 0 Å². The zero-order valence-corrected chi connectivity index (χ0v) is 16.3. The minimum atomic E-state index is -1.12. The lowest BCUT2D eigenvalue weighted by Gasteiger charge is -2.36. The van der Waals surface area contributed by atoms with Gasteiger partial charge in [0.15, 0.2) is 5.82 Å². The van der Waals surface area contributed by atoms with E-state index in [4.69, 9.17) is 0 Å². The fourth-order valence-corrected chi connectivity index (χ4v) is 3.66. The van der Waals surface area contributed by atoms with Gasteiger partial charge >= 0.3 is 5.97 Å². The fourth-order valence-electron chi connectivity index (χ4n) is 3.66. The molecule has 2 aromatic carbocycles. The Morgan fingerprint density at radius 2 is 1.66 bits per heavy atom. The molecule has 1 fully saturated rings. The van der Waals surface area contributed by atoms with E-state index >= 15 is 0 Å². The number of halogens is 1. The summed E-state index contributed by atoms with van der Waals surface area (Å²) in [7, 11) is 0. The number of anilines is 2. The van der Waals surface area contributed by atoms with E-state index in [-0.39, 0.29) is 11.5 Å². The molecular weight excluding hydrogens is 373 g/mol. The Morgan fingerprint density at radius 3 is 2.31 bits per heavy atom. The van der Waals surface area contributed by atoms with Crippen LogP contribution in [0.4, 0.5) is 15.9 Å². The maximum Gasteiger partial charge on any atom is 0.360 e. The number of aromatic carboxylic acids is 1. The van der Waals surface area contributed by atoms with Crippen LogP contribution in [-0.2, 0) is 0 Å². The van der Waals surface area contributed by atoms with E-state index < -0.39 is 5.97 Å². The summed E-state index contributed by atoms with van der Waals surface area (Å²) in [5.41, 5.74) is 3.30. The monoisotopic (exact) mass is 395 g/mol. The number of carboxylic acids is 1. The standard InChI is InChI=1S/C21H22FN5O2/c1-14-7-8-17(15(2)13-14)27-23-19(21(28)29)20(24-27)26-11-9-25(10-12-26)18-6-4-3-5-16(18)22/h3-8,13H,9-12H2,1-2H3,(H,28,29). The highest BCUT2D eigenvalue weighted by atomic mass is 19.1. The largest absolute Gasteiger partial charge is 0.476 e. The van der Waals surface area contributed by atoms with Gasteiger partial charge in [0.2, 0.25) is 5.69 Å². The van der Waals surface area contributed by atoms with Gasteiger partial charge in [-0.2, -0.15) is 0 Å². The molecule has 8 heteroatoms. The van der Waals surface area contributed by atoms with Crippen LogP contribution in [0.2, 0.25) is 0 Å². The summed E-state index contributed by atoms with van der Waals surface area (Å²) in [5, 5.41) is 18.4. The van der Waals surface area contributed by atoms with Crippen molar-refractivity contribution < 1.29 is 14.3 Å². The third kappa shape index (κ3) is 3.65. The van der Waals surface area contributed by atoms with Gasteiger partial charge in [-0.25, -0.2) is 9.18 Å². The Labute approximate surface area is 168 Å². The smallest absolute Gasteiger partial charge is 0.360 e. The van der Waals surface area contributed by atoms with Gasteiger partial charge in [0.1, 0.15) is 5.82 Å². The highest BCUT2D eigenvalue weighted by molar-refractivity contribution is 5.91. The van der Waals surface area contributed by atoms with E-state index in [1.54, 1.807) is 12.1 Å². The minimum absolute atomic E-state index is 0.0793.